The van der Waals surface area contributed by atoms with Gasteiger partial charge in [0, 0.05) is 24.9 Å². The lowest BCUT2D eigenvalue weighted by molar-refractivity contribution is -0.128. The maximum atomic E-state index is 11.2. The molecule has 1 aliphatic carbocycles. The normalized spacial score (nSPS) is 26.4. The molecule has 3 nitrogen and oxygen atoms in total. The number of carbonyl (C=O) groups is 1. The van der Waals surface area contributed by atoms with Crippen molar-refractivity contribution < 1.29 is 9.90 Å². The number of hydrogen-bond donors (Lipinski definition) is 1. The molecule has 0 aromatic heterocycles. The number of hydrogen-bond acceptors (Lipinski definition) is 2. The van der Waals surface area contributed by atoms with Crippen LogP contribution in [0.1, 0.15) is 25.7 Å². The van der Waals surface area contributed by atoms with Crippen LogP contribution in [0.25, 0.3) is 0 Å². The molecule has 1 saturated carbocycles. The first kappa shape index (κ1) is 8.05. The minimum atomic E-state index is 0.0972. The van der Waals surface area contributed by atoms with Crippen molar-refractivity contribution in [3.63, 3.8) is 0 Å². The molecule has 0 bridgehead atoms. The second-order valence-electron chi connectivity index (χ2n) is 4.08. The van der Waals surface area contributed by atoms with Gasteiger partial charge >= 0.3 is 0 Å². The van der Waals surface area contributed by atoms with Crippen LogP contribution in [0.15, 0.2) is 0 Å². The van der Waals surface area contributed by atoms with E-state index in [1.54, 1.807) is 0 Å². The van der Waals surface area contributed by atoms with Gasteiger partial charge in [-0.15, -0.1) is 0 Å². The third kappa shape index (κ3) is 1.33. The summed E-state index contributed by atoms with van der Waals surface area (Å²) in [5.41, 5.74) is 0.0972. The molecule has 1 saturated heterocycles. The number of likely N-dealkylation sites (tertiary alicyclic amines) is 1. The maximum absolute atomic E-state index is 11.2. The molecule has 3 heteroatoms. The van der Waals surface area contributed by atoms with E-state index >= 15 is 0 Å². The Morgan fingerprint density at radius 2 is 2.25 bits per heavy atom. The van der Waals surface area contributed by atoms with Gasteiger partial charge in [-0.1, -0.05) is 0 Å². The van der Waals surface area contributed by atoms with E-state index in [0.29, 0.717) is 6.42 Å². The molecule has 1 N–H and O–H groups in total. The van der Waals surface area contributed by atoms with Gasteiger partial charge in [0.25, 0.3) is 0 Å². The first-order valence-corrected chi connectivity index (χ1v) is 4.64. The highest BCUT2D eigenvalue weighted by Crippen LogP contribution is 2.46. The van der Waals surface area contributed by atoms with Crippen LogP contribution in [-0.2, 0) is 4.79 Å². The zero-order chi connectivity index (χ0) is 8.60. The van der Waals surface area contributed by atoms with E-state index in [4.69, 9.17) is 5.11 Å². The molecule has 0 spiro atoms. The molecule has 68 valence electrons. The second kappa shape index (κ2) is 2.73. The van der Waals surface area contributed by atoms with Crippen LogP contribution < -0.4 is 0 Å². The van der Waals surface area contributed by atoms with Crippen molar-refractivity contribution in [2.24, 2.45) is 5.41 Å². The van der Waals surface area contributed by atoms with Crippen LogP contribution in [0.2, 0.25) is 0 Å². The summed E-state index contributed by atoms with van der Waals surface area (Å²) in [7, 11) is 0. The fourth-order valence-corrected chi connectivity index (χ4v) is 1.82. The Kier molecular flexibility index (Phi) is 1.83. The van der Waals surface area contributed by atoms with Gasteiger partial charge < -0.3 is 10.0 Å². The van der Waals surface area contributed by atoms with E-state index < -0.39 is 0 Å². The van der Waals surface area contributed by atoms with Gasteiger partial charge in [-0.05, 0) is 19.3 Å². The Balaban J connectivity index is 1.90. The van der Waals surface area contributed by atoms with Crippen molar-refractivity contribution in [3.8, 4) is 0 Å². The predicted octanol–water partition coefficient (Wildman–Crippen LogP) is 0.381. The van der Waals surface area contributed by atoms with Gasteiger partial charge in [-0.3, -0.25) is 4.79 Å². The SMILES string of the molecule is O=C1CCCN1CC1(CO)CC1. The van der Waals surface area contributed by atoms with Crippen molar-refractivity contribution >= 4 is 5.91 Å². The summed E-state index contributed by atoms with van der Waals surface area (Å²) in [5, 5.41) is 9.07. The third-order valence-electron chi connectivity index (χ3n) is 2.99. The standard InChI is InChI=1S/C9H15NO2/c11-7-9(3-4-9)6-10-5-1-2-8(10)12/h11H,1-7H2. The molecule has 1 amide bonds. The van der Waals surface area contributed by atoms with E-state index in [1.807, 2.05) is 4.90 Å². The van der Waals surface area contributed by atoms with Crippen molar-refractivity contribution in [3.05, 3.63) is 0 Å². The lowest BCUT2D eigenvalue weighted by Gasteiger charge is -2.21. The van der Waals surface area contributed by atoms with Crippen molar-refractivity contribution in [1.82, 2.24) is 4.90 Å². The van der Waals surface area contributed by atoms with E-state index in [1.165, 1.54) is 0 Å². The van der Waals surface area contributed by atoms with Crippen molar-refractivity contribution in [1.29, 1.82) is 0 Å². The van der Waals surface area contributed by atoms with Gasteiger partial charge in [0.2, 0.25) is 5.91 Å². The average molecular weight is 169 g/mol. The predicted molar refractivity (Wildman–Crippen MR) is 44.6 cm³/mol. The molecular formula is C9H15NO2. The first-order chi connectivity index (χ1) is 5.76. The second-order valence-corrected chi connectivity index (χ2v) is 4.08. The highest BCUT2D eigenvalue weighted by molar-refractivity contribution is 5.78. The molecule has 2 rings (SSSR count). The highest BCUT2D eigenvalue weighted by atomic mass is 16.3. The minimum absolute atomic E-state index is 0.0972. The fourth-order valence-electron chi connectivity index (χ4n) is 1.82. The van der Waals surface area contributed by atoms with Crippen LogP contribution in [0, 0.1) is 5.41 Å². The van der Waals surface area contributed by atoms with Crippen LogP contribution >= 0.6 is 0 Å². The largest absolute Gasteiger partial charge is 0.396 e. The molecule has 0 radical (unpaired) electrons. The van der Waals surface area contributed by atoms with Crippen molar-refractivity contribution in [2.75, 3.05) is 19.7 Å². The minimum Gasteiger partial charge on any atom is -0.396 e. The number of carbonyl (C=O) groups excluding carboxylic acids is 1. The smallest absolute Gasteiger partial charge is 0.222 e. The molecule has 1 heterocycles. The maximum Gasteiger partial charge on any atom is 0.222 e. The van der Waals surface area contributed by atoms with Crippen LogP contribution in [0.5, 0.6) is 0 Å². The number of amides is 1. The van der Waals surface area contributed by atoms with Gasteiger partial charge in [-0.2, -0.15) is 0 Å². The summed E-state index contributed by atoms with van der Waals surface area (Å²) in [5.74, 6) is 0.273. The number of aliphatic hydroxyl groups is 1. The molecule has 12 heavy (non-hydrogen) atoms. The monoisotopic (exact) mass is 169 g/mol. The lowest BCUT2D eigenvalue weighted by atomic mass is 10.1. The van der Waals surface area contributed by atoms with E-state index in [9.17, 15) is 4.79 Å². The zero-order valence-corrected chi connectivity index (χ0v) is 7.25. The summed E-state index contributed by atoms with van der Waals surface area (Å²) in [6.07, 6.45) is 3.89. The lowest BCUT2D eigenvalue weighted by Crippen LogP contribution is -2.32. The third-order valence-corrected chi connectivity index (χ3v) is 2.99. The van der Waals surface area contributed by atoms with E-state index in [2.05, 4.69) is 0 Å². The van der Waals surface area contributed by atoms with Crippen LogP contribution in [-0.4, -0.2) is 35.6 Å². The van der Waals surface area contributed by atoms with Gasteiger partial charge in [-0.25, -0.2) is 0 Å². The summed E-state index contributed by atoms with van der Waals surface area (Å²) >= 11 is 0. The Morgan fingerprint density at radius 3 is 2.67 bits per heavy atom. The number of nitrogens with zero attached hydrogens (tertiary/aromatic N) is 1. The Hall–Kier alpha value is -0.570. The van der Waals surface area contributed by atoms with E-state index in [-0.39, 0.29) is 17.9 Å². The molecular weight excluding hydrogens is 154 g/mol. The molecule has 1 aliphatic heterocycles. The fraction of sp³-hybridized carbons (Fsp3) is 0.889. The Labute approximate surface area is 72.4 Å². The topological polar surface area (TPSA) is 40.5 Å². The highest BCUT2D eigenvalue weighted by Gasteiger charge is 2.44. The molecule has 2 fully saturated rings. The molecule has 0 unspecified atom stereocenters. The van der Waals surface area contributed by atoms with E-state index in [0.717, 1.165) is 32.4 Å². The van der Waals surface area contributed by atoms with Gasteiger partial charge in [0.05, 0.1) is 6.61 Å². The Bertz CT molecular complexity index is 199. The first-order valence-electron chi connectivity index (χ1n) is 4.64. The van der Waals surface area contributed by atoms with Gasteiger partial charge in [0.1, 0.15) is 0 Å². The zero-order valence-electron chi connectivity index (χ0n) is 7.25. The summed E-state index contributed by atoms with van der Waals surface area (Å²) in [6, 6.07) is 0. The summed E-state index contributed by atoms with van der Waals surface area (Å²) < 4.78 is 0. The molecule has 0 aromatic rings. The molecule has 0 atom stereocenters. The quantitative estimate of drug-likeness (QED) is 0.663. The van der Waals surface area contributed by atoms with Crippen LogP contribution in [0.3, 0.4) is 0 Å². The van der Waals surface area contributed by atoms with Crippen LogP contribution in [0.4, 0.5) is 0 Å². The number of rotatable bonds is 3. The Morgan fingerprint density at radius 1 is 1.50 bits per heavy atom. The van der Waals surface area contributed by atoms with Crippen molar-refractivity contribution in [2.45, 2.75) is 25.7 Å². The average Bonchev–Trinajstić information content (AvgIpc) is 2.74. The number of aliphatic hydroxyl groups excluding tert-OH is 1. The summed E-state index contributed by atoms with van der Waals surface area (Å²) in [4.78, 5) is 13.1. The molecule has 0 aromatic carbocycles. The summed E-state index contributed by atoms with van der Waals surface area (Å²) in [6.45, 7) is 1.94. The molecule has 2 aliphatic rings. The van der Waals surface area contributed by atoms with Gasteiger partial charge in [0.15, 0.2) is 0 Å².